The summed E-state index contributed by atoms with van der Waals surface area (Å²) >= 11 is 0. The second-order valence-electron chi connectivity index (χ2n) is 13.4. The SMILES string of the molecule is c1ccc2c(c1)oc1c2ccc2c1c1ccccc1n2-c1ccc(-c2ccnc(-n3c4ccccc4c4c5oc6ccccc6c5ccc43)c2)nc1. The van der Waals surface area contributed by atoms with E-state index in [-0.39, 0.29) is 0 Å². The fourth-order valence-corrected chi connectivity index (χ4v) is 8.38. The van der Waals surface area contributed by atoms with Gasteiger partial charge in [-0.2, -0.15) is 0 Å². The highest BCUT2D eigenvalue weighted by Crippen LogP contribution is 2.42. The Balaban J connectivity index is 1.00. The smallest absolute Gasteiger partial charge is 0.145 e. The lowest BCUT2D eigenvalue weighted by atomic mass is 10.1. The van der Waals surface area contributed by atoms with Crippen LogP contribution in [0.15, 0.2) is 167 Å². The lowest BCUT2D eigenvalue weighted by Crippen LogP contribution is -1.98. The van der Waals surface area contributed by atoms with E-state index in [0.717, 1.165) is 110 Å². The maximum atomic E-state index is 6.50. The maximum Gasteiger partial charge on any atom is 0.145 e. The van der Waals surface area contributed by atoms with Crippen molar-refractivity contribution in [2.24, 2.45) is 0 Å². The molecule has 242 valence electrons. The van der Waals surface area contributed by atoms with Crippen LogP contribution in [0.2, 0.25) is 0 Å². The molecule has 12 rings (SSSR count). The van der Waals surface area contributed by atoms with E-state index in [1.165, 1.54) is 0 Å². The highest BCUT2D eigenvalue weighted by Gasteiger charge is 2.21. The van der Waals surface area contributed by atoms with Crippen molar-refractivity contribution in [3.63, 3.8) is 0 Å². The number of para-hydroxylation sites is 4. The van der Waals surface area contributed by atoms with Crippen LogP contribution in [0.3, 0.4) is 0 Å². The molecule has 0 N–H and O–H groups in total. The van der Waals surface area contributed by atoms with Gasteiger partial charge in [-0.3, -0.25) is 9.55 Å². The van der Waals surface area contributed by atoms with E-state index in [2.05, 4.69) is 124 Å². The van der Waals surface area contributed by atoms with Crippen LogP contribution in [0, 0.1) is 0 Å². The van der Waals surface area contributed by atoms with Gasteiger partial charge in [0.05, 0.1) is 50.4 Å². The molecule has 6 aromatic carbocycles. The van der Waals surface area contributed by atoms with Crippen LogP contribution in [0.5, 0.6) is 0 Å². The molecule has 12 aromatic rings. The van der Waals surface area contributed by atoms with Crippen molar-refractivity contribution in [3.8, 4) is 22.8 Å². The van der Waals surface area contributed by atoms with E-state index in [1.807, 2.05) is 42.7 Å². The summed E-state index contributed by atoms with van der Waals surface area (Å²) in [5.74, 6) is 0.822. The monoisotopic (exact) mass is 666 g/mol. The summed E-state index contributed by atoms with van der Waals surface area (Å²) < 4.78 is 17.5. The standard InChI is InChI=1S/C46H26N4O2/c1-5-13-36-33(11-1)43-38(21-18-31-29-9-3-7-15-40(29)51-45(31)43)49(36)28-17-20-35(48-26-28)27-23-24-47-42(25-27)50-37-14-6-2-12-34(37)44-39(50)22-19-32-30-10-4-8-16-41(30)52-46(32)44/h1-26H. The van der Waals surface area contributed by atoms with Gasteiger partial charge in [-0.25, -0.2) is 4.98 Å². The maximum absolute atomic E-state index is 6.50. The molecule has 0 fully saturated rings. The van der Waals surface area contributed by atoms with Gasteiger partial charge in [0, 0.05) is 44.1 Å². The van der Waals surface area contributed by atoms with Gasteiger partial charge in [0.15, 0.2) is 0 Å². The van der Waals surface area contributed by atoms with Gasteiger partial charge < -0.3 is 13.4 Å². The van der Waals surface area contributed by atoms with Crippen LogP contribution in [0.1, 0.15) is 0 Å². The molecule has 0 aliphatic rings. The zero-order chi connectivity index (χ0) is 33.9. The minimum Gasteiger partial charge on any atom is -0.455 e. The topological polar surface area (TPSA) is 61.9 Å². The molecule has 52 heavy (non-hydrogen) atoms. The quantitative estimate of drug-likeness (QED) is 0.188. The van der Waals surface area contributed by atoms with E-state index >= 15 is 0 Å². The summed E-state index contributed by atoms with van der Waals surface area (Å²) in [7, 11) is 0. The number of rotatable bonds is 3. The molecule has 0 radical (unpaired) electrons. The van der Waals surface area contributed by atoms with E-state index in [4.69, 9.17) is 18.8 Å². The van der Waals surface area contributed by atoms with Crippen molar-refractivity contribution in [1.29, 1.82) is 0 Å². The van der Waals surface area contributed by atoms with Crippen molar-refractivity contribution in [1.82, 2.24) is 19.1 Å². The van der Waals surface area contributed by atoms with Crippen LogP contribution < -0.4 is 0 Å². The van der Waals surface area contributed by atoms with Gasteiger partial charge >= 0.3 is 0 Å². The number of nitrogens with zero attached hydrogens (tertiary/aromatic N) is 4. The van der Waals surface area contributed by atoms with Crippen LogP contribution >= 0.6 is 0 Å². The van der Waals surface area contributed by atoms with Crippen molar-refractivity contribution in [2.45, 2.75) is 0 Å². The van der Waals surface area contributed by atoms with Crippen LogP contribution in [-0.4, -0.2) is 19.1 Å². The number of fused-ring (bicyclic) bond motifs is 14. The Morgan fingerprint density at radius 3 is 1.60 bits per heavy atom. The number of hydrogen-bond acceptors (Lipinski definition) is 4. The molecule has 0 amide bonds. The molecule has 0 atom stereocenters. The molecular formula is C46H26N4O2. The van der Waals surface area contributed by atoms with Gasteiger partial charge in [0.2, 0.25) is 0 Å². The Bertz CT molecular complexity index is 3410. The molecule has 0 unspecified atom stereocenters. The second-order valence-corrected chi connectivity index (χ2v) is 13.4. The third kappa shape index (κ3) is 3.67. The molecule has 0 bridgehead atoms. The highest BCUT2D eigenvalue weighted by molar-refractivity contribution is 6.25. The molecule has 6 heterocycles. The Labute approximate surface area is 295 Å². The first kappa shape index (κ1) is 27.6. The first-order valence-corrected chi connectivity index (χ1v) is 17.4. The van der Waals surface area contributed by atoms with Crippen LogP contribution in [-0.2, 0) is 0 Å². The largest absolute Gasteiger partial charge is 0.455 e. The zero-order valence-corrected chi connectivity index (χ0v) is 27.6. The summed E-state index contributed by atoms with van der Waals surface area (Å²) in [5.41, 5.74) is 10.7. The van der Waals surface area contributed by atoms with E-state index < -0.39 is 0 Å². The zero-order valence-electron chi connectivity index (χ0n) is 27.6. The minimum atomic E-state index is 0.822. The lowest BCUT2D eigenvalue weighted by Gasteiger charge is -2.10. The lowest BCUT2D eigenvalue weighted by molar-refractivity contribution is 0.672. The van der Waals surface area contributed by atoms with Gasteiger partial charge in [-0.15, -0.1) is 0 Å². The normalized spacial score (nSPS) is 12.2. The van der Waals surface area contributed by atoms with Gasteiger partial charge in [0.1, 0.15) is 28.1 Å². The first-order valence-electron chi connectivity index (χ1n) is 17.4. The molecule has 0 saturated carbocycles. The third-order valence-electron chi connectivity index (χ3n) is 10.6. The molecule has 0 spiro atoms. The Kier molecular flexibility index (Phi) is 5.41. The fraction of sp³-hybridized carbons (Fsp3) is 0. The Morgan fingerprint density at radius 1 is 0.423 bits per heavy atom. The summed E-state index contributed by atoms with van der Waals surface area (Å²) in [4.78, 5) is 9.92. The summed E-state index contributed by atoms with van der Waals surface area (Å²) in [5, 5.41) is 8.96. The first-order chi connectivity index (χ1) is 25.8. The Morgan fingerprint density at radius 2 is 0.981 bits per heavy atom. The van der Waals surface area contributed by atoms with Crippen molar-refractivity contribution in [3.05, 3.63) is 158 Å². The molecule has 6 aromatic heterocycles. The molecule has 0 saturated heterocycles. The molecule has 6 heteroatoms. The van der Waals surface area contributed by atoms with Crippen molar-refractivity contribution < 1.29 is 8.83 Å². The molecule has 0 aliphatic heterocycles. The fourth-order valence-electron chi connectivity index (χ4n) is 8.38. The van der Waals surface area contributed by atoms with Gasteiger partial charge in [-0.05, 0) is 72.8 Å². The predicted octanol–water partition coefficient (Wildman–Crippen LogP) is 12.1. The van der Waals surface area contributed by atoms with E-state index in [1.54, 1.807) is 0 Å². The van der Waals surface area contributed by atoms with Gasteiger partial charge in [-0.1, -0.05) is 72.8 Å². The Hall–Kier alpha value is -7.18. The number of furan rings is 2. The second kappa shape index (κ2) is 10.2. The van der Waals surface area contributed by atoms with Crippen molar-refractivity contribution in [2.75, 3.05) is 0 Å². The van der Waals surface area contributed by atoms with Crippen LogP contribution in [0.4, 0.5) is 0 Å². The molecular weight excluding hydrogens is 641 g/mol. The molecule has 0 aliphatic carbocycles. The van der Waals surface area contributed by atoms with Gasteiger partial charge in [0.25, 0.3) is 0 Å². The number of benzene rings is 6. The average molecular weight is 667 g/mol. The summed E-state index contributed by atoms with van der Waals surface area (Å²) in [6.45, 7) is 0. The van der Waals surface area contributed by atoms with Crippen LogP contribution in [0.25, 0.3) is 110 Å². The predicted molar refractivity (Wildman–Crippen MR) is 211 cm³/mol. The number of hydrogen-bond donors (Lipinski definition) is 0. The minimum absolute atomic E-state index is 0.822. The number of aromatic nitrogens is 4. The third-order valence-corrected chi connectivity index (χ3v) is 10.6. The van der Waals surface area contributed by atoms with Crippen molar-refractivity contribution >= 4 is 87.5 Å². The highest BCUT2D eigenvalue weighted by atomic mass is 16.3. The van der Waals surface area contributed by atoms with E-state index in [9.17, 15) is 0 Å². The summed E-state index contributed by atoms with van der Waals surface area (Å²) in [6, 6.07) is 50.6. The number of pyridine rings is 2. The average Bonchev–Trinajstić information content (AvgIpc) is 3.95. The van der Waals surface area contributed by atoms with E-state index in [0.29, 0.717) is 0 Å². The molecule has 6 nitrogen and oxygen atoms in total. The summed E-state index contributed by atoms with van der Waals surface area (Å²) in [6.07, 6.45) is 3.83.